The Bertz CT molecular complexity index is 1090. The van der Waals surface area contributed by atoms with Crippen LogP contribution in [0.1, 0.15) is 6.92 Å². The lowest BCUT2D eigenvalue weighted by Gasteiger charge is -2.07. The fraction of sp³-hybridized carbons (Fsp3) is 0.158. The normalized spacial score (nSPS) is 11.1. The van der Waals surface area contributed by atoms with E-state index in [1.54, 1.807) is 30.5 Å². The summed E-state index contributed by atoms with van der Waals surface area (Å²) in [6.07, 6.45) is 3.36. The van der Waals surface area contributed by atoms with Crippen molar-refractivity contribution in [3.63, 3.8) is 0 Å². The molecule has 2 aromatic heterocycles. The number of nitrogens with one attached hydrogen (secondary N) is 1. The number of benzene rings is 1. The van der Waals surface area contributed by atoms with Gasteiger partial charge in [0.2, 0.25) is 5.91 Å². The molecule has 3 aromatic rings. The van der Waals surface area contributed by atoms with E-state index in [4.69, 9.17) is 5.73 Å². The number of carbonyl (C=O) groups excluding carboxylic acids is 1. The van der Waals surface area contributed by atoms with Crippen LogP contribution in [0.3, 0.4) is 0 Å². The number of nitrogens with zero attached hydrogens (tertiary/aromatic N) is 4. The van der Waals surface area contributed by atoms with Crippen molar-refractivity contribution in [2.24, 2.45) is 5.73 Å². The Hall–Kier alpha value is -3.30. The Kier molecular flexibility index (Phi) is 7.40. The Labute approximate surface area is 172 Å². The van der Waals surface area contributed by atoms with Gasteiger partial charge in [-0.1, -0.05) is 12.1 Å². The molecule has 0 fully saturated rings. The zero-order valence-electron chi connectivity index (χ0n) is 15.6. The predicted molar refractivity (Wildman–Crippen MR) is 111 cm³/mol. The topological polar surface area (TPSA) is 108 Å². The van der Waals surface area contributed by atoms with Crippen LogP contribution in [-0.2, 0) is 11.3 Å². The number of carbonyl (C=O) groups is 1. The smallest absolute Gasteiger partial charge is 0.327 e. The number of rotatable bonds is 6. The number of halogens is 2. The third kappa shape index (κ3) is 5.15. The molecule has 0 aliphatic heterocycles. The molecule has 0 saturated carbocycles. The summed E-state index contributed by atoms with van der Waals surface area (Å²) in [7, 11) is 0. The first-order valence-electron chi connectivity index (χ1n) is 8.49. The number of pyridine rings is 1. The number of amides is 1. The minimum absolute atomic E-state index is 0. The van der Waals surface area contributed by atoms with Gasteiger partial charge in [0.05, 0.1) is 18.6 Å². The van der Waals surface area contributed by atoms with Gasteiger partial charge in [0, 0.05) is 19.7 Å². The molecule has 152 valence electrons. The van der Waals surface area contributed by atoms with Crippen molar-refractivity contribution < 1.29 is 9.18 Å². The maximum atomic E-state index is 12.7. The van der Waals surface area contributed by atoms with Crippen LogP contribution in [0.25, 0.3) is 16.8 Å². The highest BCUT2D eigenvalue weighted by atomic mass is 35.5. The molecule has 0 unspecified atom stereocenters. The average Bonchev–Trinajstić information content (AvgIpc) is 3.06. The highest BCUT2D eigenvalue weighted by Gasteiger charge is 2.10. The third-order valence-electron chi connectivity index (χ3n) is 4.02. The van der Waals surface area contributed by atoms with E-state index in [0.717, 1.165) is 15.8 Å². The zero-order valence-corrected chi connectivity index (χ0v) is 16.4. The molecule has 3 rings (SSSR count). The first-order valence-corrected chi connectivity index (χ1v) is 8.49. The molecule has 3 N–H and O–H groups in total. The fourth-order valence-corrected chi connectivity index (χ4v) is 2.65. The number of hydrogen-bond acceptors (Lipinski definition) is 5. The van der Waals surface area contributed by atoms with Crippen molar-refractivity contribution in [2.45, 2.75) is 13.5 Å². The molecule has 10 heteroatoms. The van der Waals surface area contributed by atoms with Gasteiger partial charge in [-0.25, -0.2) is 23.4 Å². The van der Waals surface area contributed by atoms with Crippen molar-refractivity contribution in [1.29, 1.82) is 0 Å². The lowest BCUT2D eigenvalue weighted by Crippen LogP contribution is -2.25. The number of aromatic nitrogens is 4. The quantitative estimate of drug-likeness (QED) is 0.638. The van der Waals surface area contributed by atoms with Gasteiger partial charge in [-0.2, -0.15) is 5.10 Å². The SMILES string of the molecule is CC(=O)Nc1cc(-c2cccc(-n3cnn(C/C(=C\F)CN)c3=O)c2)ccn1.Cl. The first kappa shape index (κ1) is 22.0. The molecule has 29 heavy (non-hydrogen) atoms. The van der Waals surface area contributed by atoms with Gasteiger partial charge in [-0.3, -0.25) is 4.79 Å². The maximum Gasteiger partial charge on any atom is 0.350 e. The summed E-state index contributed by atoms with van der Waals surface area (Å²) in [6.45, 7) is 1.40. The van der Waals surface area contributed by atoms with Crippen molar-refractivity contribution >= 4 is 24.1 Å². The minimum Gasteiger partial charge on any atom is -0.327 e. The van der Waals surface area contributed by atoms with Crippen LogP contribution in [0.4, 0.5) is 10.2 Å². The maximum absolute atomic E-state index is 12.7. The fourth-order valence-electron chi connectivity index (χ4n) is 2.65. The van der Waals surface area contributed by atoms with Crippen LogP contribution in [0.5, 0.6) is 0 Å². The molecule has 2 heterocycles. The van der Waals surface area contributed by atoms with Gasteiger partial charge in [0.25, 0.3) is 0 Å². The van der Waals surface area contributed by atoms with Gasteiger partial charge in [-0.05, 0) is 41.0 Å². The highest BCUT2D eigenvalue weighted by molar-refractivity contribution is 5.88. The summed E-state index contributed by atoms with van der Waals surface area (Å²) in [5, 5.41) is 6.66. The number of anilines is 1. The van der Waals surface area contributed by atoms with E-state index in [-0.39, 0.29) is 37.0 Å². The average molecular weight is 419 g/mol. The van der Waals surface area contributed by atoms with E-state index in [1.165, 1.54) is 17.8 Å². The Morgan fingerprint density at radius 2 is 2.03 bits per heavy atom. The summed E-state index contributed by atoms with van der Waals surface area (Å²) >= 11 is 0. The van der Waals surface area contributed by atoms with Crippen LogP contribution in [0, 0.1) is 0 Å². The molecule has 0 aliphatic carbocycles. The van der Waals surface area contributed by atoms with Crippen molar-refractivity contribution in [1.82, 2.24) is 19.3 Å². The monoisotopic (exact) mass is 418 g/mol. The van der Waals surface area contributed by atoms with E-state index in [1.807, 2.05) is 12.1 Å². The molecule has 0 saturated heterocycles. The van der Waals surface area contributed by atoms with Crippen LogP contribution in [0.2, 0.25) is 0 Å². The lowest BCUT2D eigenvalue weighted by molar-refractivity contribution is -0.114. The Morgan fingerprint density at radius 3 is 2.72 bits per heavy atom. The van der Waals surface area contributed by atoms with Gasteiger partial charge < -0.3 is 11.1 Å². The standard InChI is InChI=1S/C19H19FN6O2.ClH/c1-13(27)24-18-8-16(5-6-22-18)15-3-2-4-17(7-15)25-12-23-26(19(25)28)11-14(9-20)10-21;/h2-9,12H,10-11,21H2,1H3,(H,22,24,27);1H/b14-9-;. The third-order valence-corrected chi connectivity index (χ3v) is 4.02. The highest BCUT2D eigenvalue weighted by Crippen LogP contribution is 2.23. The molecule has 0 bridgehead atoms. The van der Waals surface area contributed by atoms with Gasteiger partial charge in [0.1, 0.15) is 12.1 Å². The van der Waals surface area contributed by atoms with E-state index >= 15 is 0 Å². The van der Waals surface area contributed by atoms with Gasteiger partial charge >= 0.3 is 5.69 Å². The summed E-state index contributed by atoms with van der Waals surface area (Å²) < 4.78 is 15.2. The van der Waals surface area contributed by atoms with Crippen LogP contribution in [-0.4, -0.2) is 31.8 Å². The van der Waals surface area contributed by atoms with Crippen LogP contribution in [0.15, 0.2) is 65.6 Å². The minimum atomic E-state index is -0.404. The van der Waals surface area contributed by atoms with Gasteiger partial charge in [0.15, 0.2) is 0 Å². The van der Waals surface area contributed by atoms with Gasteiger partial charge in [-0.15, -0.1) is 12.4 Å². The summed E-state index contributed by atoms with van der Waals surface area (Å²) in [5.74, 6) is 0.226. The molecule has 1 aromatic carbocycles. The van der Waals surface area contributed by atoms with E-state index in [9.17, 15) is 14.0 Å². The lowest BCUT2D eigenvalue weighted by atomic mass is 10.1. The second-order valence-corrected chi connectivity index (χ2v) is 6.07. The van der Waals surface area contributed by atoms with Crippen LogP contribution >= 0.6 is 12.4 Å². The largest absolute Gasteiger partial charge is 0.350 e. The summed E-state index contributed by atoms with van der Waals surface area (Å²) in [5.41, 5.74) is 7.56. The molecular formula is C19H20ClFN6O2. The number of nitrogens with two attached hydrogens (primary N) is 1. The summed E-state index contributed by atoms with van der Waals surface area (Å²) in [6, 6.07) is 10.8. The molecule has 0 aliphatic rings. The van der Waals surface area contributed by atoms with E-state index in [2.05, 4.69) is 15.4 Å². The van der Waals surface area contributed by atoms with Crippen LogP contribution < -0.4 is 16.7 Å². The molecule has 1 amide bonds. The Balaban J connectivity index is 0.00000300. The summed E-state index contributed by atoms with van der Waals surface area (Å²) in [4.78, 5) is 27.9. The van der Waals surface area contributed by atoms with Crippen molar-refractivity contribution in [2.75, 3.05) is 11.9 Å². The van der Waals surface area contributed by atoms with Crippen molar-refractivity contribution in [3.05, 3.63) is 71.3 Å². The molecule has 0 spiro atoms. The molecule has 8 nitrogen and oxygen atoms in total. The number of hydrogen-bond donors (Lipinski definition) is 2. The predicted octanol–water partition coefficient (Wildman–Crippen LogP) is 2.29. The van der Waals surface area contributed by atoms with E-state index in [0.29, 0.717) is 17.8 Å². The van der Waals surface area contributed by atoms with E-state index < -0.39 is 5.69 Å². The second-order valence-electron chi connectivity index (χ2n) is 6.07. The second kappa shape index (κ2) is 9.76. The molecule has 0 radical (unpaired) electrons. The molecular weight excluding hydrogens is 399 g/mol. The molecule has 0 atom stereocenters. The zero-order chi connectivity index (χ0) is 20.1. The Morgan fingerprint density at radius 1 is 1.28 bits per heavy atom. The first-order chi connectivity index (χ1) is 13.5. The van der Waals surface area contributed by atoms with Crippen molar-refractivity contribution in [3.8, 4) is 16.8 Å².